The summed E-state index contributed by atoms with van der Waals surface area (Å²) in [5, 5.41) is 0.822. The summed E-state index contributed by atoms with van der Waals surface area (Å²) in [6.07, 6.45) is 0. The van der Waals surface area contributed by atoms with E-state index in [4.69, 9.17) is 16.3 Å². The maximum Gasteiger partial charge on any atom is 0.258 e. The zero-order valence-corrected chi connectivity index (χ0v) is 15.2. The fourth-order valence-corrected chi connectivity index (χ4v) is 2.93. The van der Waals surface area contributed by atoms with E-state index in [-0.39, 0.29) is 35.1 Å². The number of hydrogen-bond donors (Lipinski definition) is 1. The van der Waals surface area contributed by atoms with Crippen molar-refractivity contribution in [3.05, 3.63) is 67.4 Å². The number of carbonyl (C=O) groups excluding carboxylic acids is 1. The number of aromatic nitrogens is 2. The molecule has 0 aliphatic carbocycles. The first-order valence-corrected chi connectivity index (χ1v) is 8.33. The van der Waals surface area contributed by atoms with Gasteiger partial charge in [-0.3, -0.25) is 9.59 Å². The lowest BCUT2D eigenvalue weighted by atomic mass is 10.1. The molecule has 128 valence electrons. The first-order chi connectivity index (χ1) is 11.8. The number of nitrogens with zero attached hydrogens (tertiary/aromatic N) is 1. The molecule has 0 saturated heterocycles. The summed E-state index contributed by atoms with van der Waals surface area (Å²) >= 11 is 9.05. The molecule has 3 aromatic rings. The molecular weight excluding hydrogens is 415 g/mol. The lowest BCUT2D eigenvalue weighted by molar-refractivity contribution is 0.101. The smallest absolute Gasteiger partial charge is 0.258 e. The molecule has 0 fully saturated rings. The number of halogens is 3. The van der Waals surface area contributed by atoms with Gasteiger partial charge in [-0.05, 0) is 37.3 Å². The molecular formula is C17H11BrClFN2O3. The monoisotopic (exact) mass is 424 g/mol. The van der Waals surface area contributed by atoms with E-state index in [9.17, 15) is 14.0 Å². The number of rotatable bonds is 4. The number of ether oxygens (including phenoxy) is 1. The van der Waals surface area contributed by atoms with Crippen LogP contribution >= 0.6 is 27.5 Å². The fourth-order valence-electron chi connectivity index (χ4n) is 2.34. The van der Waals surface area contributed by atoms with Crippen molar-refractivity contribution < 1.29 is 13.9 Å². The lowest BCUT2D eigenvalue weighted by Crippen LogP contribution is -2.14. The highest BCUT2D eigenvalue weighted by atomic mass is 79.9. The number of carbonyl (C=O) groups is 1. The van der Waals surface area contributed by atoms with Gasteiger partial charge in [0, 0.05) is 9.50 Å². The topological polar surface area (TPSA) is 72.0 Å². The first kappa shape index (κ1) is 17.6. The number of aromatic amines is 1. The van der Waals surface area contributed by atoms with Crippen LogP contribution in [0.4, 0.5) is 4.39 Å². The van der Waals surface area contributed by atoms with E-state index in [1.54, 1.807) is 18.2 Å². The molecule has 1 heterocycles. The average Bonchev–Trinajstić information content (AvgIpc) is 2.52. The van der Waals surface area contributed by atoms with Gasteiger partial charge in [-0.25, -0.2) is 9.37 Å². The zero-order valence-electron chi connectivity index (χ0n) is 12.9. The fraction of sp³-hybridized carbons (Fsp3) is 0.118. The molecule has 1 N–H and O–H groups in total. The predicted molar refractivity (Wildman–Crippen MR) is 95.8 cm³/mol. The molecule has 0 saturated carbocycles. The van der Waals surface area contributed by atoms with Crippen LogP contribution in [0.25, 0.3) is 10.9 Å². The van der Waals surface area contributed by atoms with E-state index in [1.165, 1.54) is 19.1 Å². The second kappa shape index (κ2) is 6.93. The van der Waals surface area contributed by atoms with Crippen LogP contribution in [-0.2, 0) is 6.61 Å². The SMILES string of the molecule is CC(=O)c1cc(Br)cc(F)c1OCc1nc2cc(Cl)ccc2c(=O)[nH]1. The van der Waals surface area contributed by atoms with E-state index >= 15 is 0 Å². The van der Waals surface area contributed by atoms with E-state index in [0.29, 0.717) is 20.4 Å². The van der Waals surface area contributed by atoms with Crippen LogP contribution in [0, 0.1) is 5.82 Å². The number of Topliss-reactive ketones (excluding diaryl/α,β-unsaturated/α-hetero) is 1. The average molecular weight is 426 g/mol. The molecule has 0 radical (unpaired) electrons. The van der Waals surface area contributed by atoms with Gasteiger partial charge in [-0.1, -0.05) is 27.5 Å². The highest BCUT2D eigenvalue weighted by Gasteiger charge is 2.16. The van der Waals surface area contributed by atoms with E-state index in [1.807, 2.05) is 0 Å². The van der Waals surface area contributed by atoms with Gasteiger partial charge < -0.3 is 9.72 Å². The molecule has 0 aliphatic rings. The molecule has 0 aliphatic heterocycles. The summed E-state index contributed by atoms with van der Waals surface area (Å²) in [4.78, 5) is 30.6. The number of fused-ring (bicyclic) bond motifs is 1. The van der Waals surface area contributed by atoms with Gasteiger partial charge in [0.2, 0.25) is 0 Å². The number of benzene rings is 2. The number of H-pyrrole nitrogens is 1. The highest BCUT2D eigenvalue weighted by molar-refractivity contribution is 9.10. The molecule has 2 aromatic carbocycles. The Bertz CT molecular complexity index is 1050. The van der Waals surface area contributed by atoms with E-state index < -0.39 is 5.82 Å². The van der Waals surface area contributed by atoms with Gasteiger partial charge in [0.15, 0.2) is 17.3 Å². The van der Waals surface area contributed by atoms with Crippen LogP contribution in [0.1, 0.15) is 23.1 Å². The Labute approximate surface area is 154 Å². The Morgan fingerprint density at radius 3 is 2.84 bits per heavy atom. The van der Waals surface area contributed by atoms with Gasteiger partial charge >= 0.3 is 0 Å². The van der Waals surface area contributed by atoms with Crippen LogP contribution in [0.3, 0.4) is 0 Å². The van der Waals surface area contributed by atoms with Crippen molar-refractivity contribution in [3.63, 3.8) is 0 Å². The van der Waals surface area contributed by atoms with Crippen LogP contribution in [0.2, 0.25) is 5.02 Å². The highest BCUT2D eigenvalue weighted by Crippen LogP contribution is 2.28. The zero-order chi connectivity index (χ0) is 18.1. The number of hydrogen-bond acceptors (Lipinski definition) is 4. The molecule has 8 heteroatoms. The third-order valence-corrected chi connectivity index (χ3v) is 4.15. The minimum atomic E-state index is -0.689. The van der Waals surface area contributed by atoms with Crippen molar-refractivity contribution in [1.82, 2.24) is 9.97 Å². The van der Waals surface area contributed by atoms with Crippen LogP contribution in [-0.4, -0.2) is 15.8 Å². The predicted octanol–water partition coefficient (Wildman–Crippen LogP) is 4.26. The van der Waals surface area contributed by atoms with Gasteiger partial charge in [0.1, 0.15) is 12.4 Å². The Balaban J connectivity index is 1.96. The van der Waals surface area contributed by atoms with Gasteiger partial charge in [0.25, 0.3) is 5.56 Å². The first-order valence-electron chi connectivity index (χ1n) is 7.16. The summed E-state index contributed by atoms with van der Waals surface area (Å²) in [6, 6.07) is 7.37. The van der Waals surface area contributed by atoms with Crippen molar-refractivity contribution in [2.45, 2.75) is 13.5 Å². The van der Waals surface area contributed by atoms with Crippen LogP contribution in [0.5, 0.6) is 5.75 Å². The van der Waals surface area contributed by atoms with Crippen LogP contribution < -0.4 is 10.3 Å². The van der Waals surface area contributed by atoms with Crippen molar-refractivity contribution in [3.8, 4) is 5.75 Å². The Morgan fingerprint density at radius 2 is 2.12 bits per heavy atom. The normalized spacial score (nSPS) is 10.9. The van der Waals surface area contributed by atoms with Crippen molar-refractivity contribution in [2.75, 3.05) is 0 Å². The third-order valence-electron chi connectivity index (χ3n) is 3.46. The van der Waals surface area contributed by atoms with Crippen LogP contribution in [0.15, 0.2) is 39.6 Å². The Hall–Kier alpha value is -2.25. The minimum Gasteiger partial charge on any atom is -0.482 e. The summed E-state index contributed by atoms with van der Waals surface area (Å²) in [5.74, 6) is -1.03. The molecule has 25 heavy (non-hydrogen) atoms. The second-order valence-corrected chi connectivity index (χ2v) is 6.64. The molecule has 3 rings (SSSR count). The summed E-state index contributed by atoms with van der Waals surface area (Å²) < 4.78 is 20.0. The molecule has 0 amide bonds. The number of nitrogens with one attached hydrogen (secondary N) is 1. The van der Waals surface area contributed by atoms with Crippen molar-refractivity contribution >= 4 is 44.2 Å². The minimum absolute atomic E-state index is 0.0954. The molecule has 0 unspecified atom stereocenters. The van der Waals surface area contributed by atoms with E-state index in [2.05, 4.69) is 25.9 Å². The van der Waals surface area contributed by atoms with E-state index in [0.717, 1.165) is 0 Å². The summed E-state index contributed by atoms with van der Waals surface area (Å²) in [5.41, 5.74) is 0.138. The quantitative estimate of drug-likeness (QED) is 0.634. The van der Waals surface area contributed by atoms with Gasteiger partial charge in [-0.2, -0.15) is 0 Å². The number of ketones is 1. The van der Waals surface area contributed by atoms with Crippen molar-refractivity contribution in [2.24, 2.45) is 0 Å². The largest absolute Gasteiger partial charge is 0.482 e. The summed E-state index contributed by atoms with van der Waals surface area (Å²) in [6.45, 7) is 1.10. The maximum absolute atomic E-state index is 14.1. The summed E-state index contributed by atoms with van der Waals surface area (Å²) in [7, 11) is 0. The molecule has 0 bridgehead atoms. The Morgan fingerprint density at radius 1 is 1.36 bits per heavy atom. The van der Waals surface area contributed by atoms with Gasteiger partial charge in [-0.15, -0.1) is 0 Å². The van der Waals surface area contributed by atoms with Gasteiger partial charge in [0.05, 0.1) is 16.5 Å². The molecule has 0 atom stereocenters. The molecule has 0 spiro atoms. The maximum atomic E-state index is 14.1. The standard InChI is InChI=1S/C17H11BrClFN2O3/c1-8(23)12-4-9(18)5-13(20)16(12)25-7-15-21-14-6-10(19)2-3-11(14)17(24)22-15/h2-6H,7H2,1H3,(H,21,22,24). The van der Waals surface area contributed by atoms with Crippen molar-refractivity contribution in [1.29, 1.82) is 0 Å². The molecule has 1 aromatic heterocycles. The second-order valence-electron chi connectivity index (χ2n) is 5.28. The Kier molecular flexibility index (Phi) is 4.87. The third kappa shape index (κ3) is 3.72. The molecule has 5 nitrogen and oxygen atoms in total. The lowest BCUT2D eigenvalue weighted by Gasteiger charge is -2.11.